The predicted octanol–water partition coefficient (Wildman–Crippen LogP) is -2.43. The van der Waals surface area contributed by atoms with Crippen LogP contribution in [0.15, 0.2) is 121 Å². The van der Waals surface area contributed by atoms with Crippen molar-refractivity contribution in [3.05, 3.63) is 144 Å². The maximum Gasteiger partial charge on any atom is 0.242 e. The average molecular weight is 2070 g/mol. The molecule has 24 atom stereocenters. The Bertz CT molecular complexity index is 5100. The molecule has 812 valence electrons. The number of aliphatic hydroxyl groups is 6. The Kier molecular flexibility index (Phi) is 38.9. The van der Waals surface area contributed by atoms with E-state index in [0.29, 0.717) is 142 Å². The Morgan fingerprint density at radius 2 is 0.443 bits per heavy atom. The van der Waals surface area contributed by atoms with Gasteiger partial charge < -0.3 is 102 Å². The van der Waals surface area contributed by atoms with Gasteiger partial charge in [-0.3, -0.25) is 116 Å². The van der Waals surface area contributed by atoms with Crippen molar-refractivity contribution in [3.63, 3.8) is 0 Å². The number of aliphatic hydroxyl groups excluding tert-OH is 6. The molecule has 6 heterocycles. The molecule has 149 heavy (non-hydrogen) atoms. The Labute approximate surface area is 865 Å². The van der Waals surface area contributed by atoms with E-state index in [1.54, 1.807) is 0 Å². The van der Waals surface area contributed by atoms with E-state index in [1.807, 2.05) is 121 Å². The van der Waals surface area contributed by atoms with Crippen molar-refractivity contribution in [2.75, 3.05) is 45.8 Å². The summed E-state index contributed by atoms with van der Waals surface area (Å²) in [5.41, 5.74) is 32.0. The first-order chi connectivity index (χ1) is 70.2. The molecule has 13 amide bonds. The van der Waals surface area contributed by atoms with Crippen LogP contribution in [0.25, 0.3) is 0 Å². The fourth-order valence-corrected chi connectivity index (χ4v) is 23.0. The fraction of sp³-hybridized carbons (Fsp3) is 0.594. The minimum absolute atomic E-state index is 0.0278. The maximum atomic E-state index is 12.6. The molecule has 4 aromatic carbocycles. The molecule has 24 N–H and O–H groups in total. The van der Waals surface area contributed by atoms with Crippen molar-refractivity contribution in [2.24, 2.45) is 75.8 Å². The molecule has 43 heteroatoms. The molecule has 0 aromatic heterocycles. The number of rotatable bonds is 34. The van der Waals surface area contributed by atoms with Crippen LogP contribution in [0.3, 0.4) is 0 Å². The second-order valence-electron chi connectivity index (χ2n) is 42.8. The van der Waals surface area contributed by atoms with Crippen LogP contribution in [0.4, 0.5) is 0 Å². The summed E-state index contributed by atoms with van der Waals surface area (Å²) in [4.78, 5) is 241. The zero-order chi connectivity index (χ0) is 110. The van der Waals surface area contributed by atoms with Crippen molar-refractivity contribution in [2.45, 2.75) is 310 Å². The quantitative estimate of drug-likeness (QED) is 0.0231. The average Bonchev–Trinajstić information content (AvgIpc) is 1.64. The molecule has 12 unspecified atom stereocenters. The number of amides is 13. The van der Waals surface area contributed by atoms with E-state index in [-0.39, 0.29) is 89.0 Å². The molecule has 43 nitrogen and oxygen atoms in total. The zero-order valence-electron chi connectivity index (χ0n) is 86.1. The Morgan fingerprint density at radius 1 is 0.275 bits per heavy atom. The van der Waals surface area contributed by atoms with Gasteiger partial charge in [-0.1, -0.05) is 135 Å². The Balaban J connectivity index is 0.000000170. The van der Waals surface area contributed by atoms with Crippen molar-refractivity contribution in [1.82, 2.24) is 61.3 Å². The smallest absolute Gasteiger partial charge is 0.242 e. The maximum absolute atomic E-state index is 12.6. The minimum Gasteiger partial charge on any atom is -0.391 e. The Morgan fingerprint density at radius 3 is 0.584 bits per heavy atom. The van der Waals surface area contributed by atoms with E-state index in [9.17, 15) is 122 Å². The highest BCUT2D eigenvalue weighted by atomic mass is 16.3. The monoisotopic (exact) mass is 2070 g/mol. The van der Waals surface area contributed by atoms with Gasteiger partial charge in [0.2, 0.25) is 76.8 Å². The number of hydrogen-bond donors (Lipinski definition) is 18. The number of carbonyl (C=O) groups is 19. The first-order valence-corrected chi connectivity index (χ1v) is 51.2. The summed E-state index contributed by atoms with van der Waals surface area (Å²) >= 11 is 0. The third kappa shape index (κ3) is 26.6. The van der Waals surface area contributed by atoms with E-state index < -0.39 is 177 Å². The molecule has 12 fully saturated rings. The lowest BCUT2D eigenvalue weighted by Gasteiger charge is -2.44. The number of ketones is 6. The molecule has 12 aliphatic rings. The summed E-state index contributed by atoms with van der Waals surface area (Å²) in [7, 11) is 0. The number of nitrogens with two attached hydrogens (primary N) is 6. The topological polar surface area (TPSA) is 693 Å². The van der Waals surface area contributed by atoms with Crippen LogP contribution in [0.5, 0.6) is 0 Å². The number of primary amides is 6. The van der Waals surface area contributed by atoms with Gasteiger partial charge in [-0.05, 0) is 147 Å². The second-order valence-corrected chi connectivity index (χ2v) is 42.8. The highest BCUT2D eigenvalue weighted by Crippen LogP contribution is 2.52. The number of benzene rings is 4. The van der Waals surface area contributed by atoms with E-state index >= 15 is 0 Å². The molecule has 6 aliphatic heterocycles. The van der Waals surface area contributed by atoms with E-state index in [1.165, 1.54) is 53.4 Å². The van der Waals surface area contributed by atoms with Crippen molar-refractivity contribution >= 4 is 111 Å². The van der Waals surface area contributed by atoms with Gasteiger partial charge in [-0.2, -0.15) is 0 Å². The van der Waals surface area contributed by atoms with Gasteiger partial charge in [0.1, 0.15) is 41.8 Å². The molecule has 6 saturated heterocycles. The number of nitrogens with one attached hydrogen (secondary N) is 6. The number of hydrogen-bond acceptors (Lipinski definition) is 30. The lowest BCUT2D eigenvalue weighted by molar-refractivity contribution is -0.149. The van der Waals surface area contributed by atoms with Crippen LogP contribution >= 0.6 is 0 Å². The molecule has 6 aliphatic carbocycles. The minimum atomic E-state index is -1.19. The van der Waals surface area contributed by atoms with E-state index in [2.05, 4.69) is 70.2 Å². The molecule has 6 spiro atoms. The lowest BCUT2D eigenvalue weighted by Crippen LogP contribution is -2.58. The van der Waals surface area contributed by atoms with Gasteiger partial charge in [0, 0.05) is 117 Å². The van der Waals surface area contributed by atoms with Gasteiger partial charge in [0.05, 0.1) is 99.8 Å². The van der Waals surface area contributed by atoms with Gasteiger partial charge in [0.15, 0.2) is 34.7 Å². The third-order valence-corrected chi connectivity index (χ3v) is 31.9. The SMILES string of the molecule is CC(=O)N1CC(C(=O)N[C@H](C(N)=O)[C@@H](C)O)CC12CCC2=O.CC(C)CN1CC(C(=O)N[C@H](C(N)=O)[C@@H](C)O)CC12CCC2=O.C[C@@H](O)[C@H](NC(=O)C1CN(Cc2ccccc2)C2(CCC2=O)C1)C(N)=O.C[C@@H](O)[C@H](NC(=O)C1CN(Cc2ccccc2)C2(CCC2=O)C1)C(N)=O.C[C@@H](O)[C@H](NC(=O)C1CN(Cc2ccccc2)C2(CCC2=O)C1)C(N)=O.C[C@@H](O)[C@H](NC(=O)C1CN(Cc2ccccc2)C2(CCC2=O)C1)C(N)=O. The van der Waals surface area contributed by atoms with E-state index in [4.69, 9.17) is 34.4 Å². The molecule has 16 rings (SSSR count). The van der Waals surface area contributed by atoms with Crippen LogP contribution in [0.1, 0.15) is 200 Å². The number of carbonyl (C=O) groups excluding carboxylic acids is 19. The third-order valence-electron chi connectivity index (χ3n) is 31.9. The number of nitrogens with zero attached hydrogens (tertiary/aromatic N) is 6. The van der Waals surface area contributed by atoms with Crippen molar-refractivity contribution < 1.29 is 122 Å². The summed E-state index contributed by atoms with van der Waals surface area (Å²) in [5, 5.41) is 72.7. The lowest BCUT2D eigenvalue weighted by atomic mass is 9.72. The molecule has 4 aromatic rings. The van der Waals surface area contributed by atoms with E-state index in [0.717, 1.165) is 60.9 Å². The standard InChI is InChI=1S/4C19H25N3O4.C16H27N3O4.C14H21N3O5/c4*1-12(23)16(17(20)25)21-18(26)14-9-19(8-7-15(19)24)22(11-14)10-13-5-3-2-4-6-13;1-9(2)7-19-8-11(6-16(19)5-4-12(16)21)15(23)18-13(10(3)20)14(17)22;1-7(18)11(12(15)21)16-13(22)9-5-14(4-3-10(14)20)17(6-9)8(2)19/h4*2-6,12,14,16,23H,7-11H2,1H3,(H2,20,25)(H,21,26);9-11,13,20H,4-8H2,1-3H3,(H2,17,22)(H,18,23);7,9,11,18H,3-6H2,1-2H3,(H2,15,21)(H,16,22)/t4*12-,14?,16+,19?;10-,11?,13+,16?;7-,9?,11+,14?/m111111/s1. The molecular weight excluding hydrogens is 1930 g/mol. The molecular formula is C106H148N18O25. The first kappa shape index (κ1) is 117. The summed E-state index contributed by atoms with van der Waals surface area (Å²) < 4.78 is 0. The van der Waals surface area contributed by atoms with Gasteiger partial charge >= 0.3 is 0 Å². The zero-order valence-corrected chi connectivity index (χ0v) is 86.1. The molecule has 6 saturated carbocycles. The summed E-state index contributed by atoms with van der Waals surface area (Å²) in [6.45, 7) is 19.5. The first-order valence-electron chi connectivity index (χ1n) is 51.2. The highest BCUT2D eigenvalue weighted by Gasteiger charge is 2.64. The van der Waals surface area contributed by atoms with Crippen molar-refractivity contribution in [3.8, 4) is 0 Å². The van der Waals surface area contributed by atoms with Gasteiger partial charge in [0.25, 0.3) is 0 Å². The predicted molar refractivity (Wildman–Crippen MR) is 539 cm³/mol. The van der Waals surface area contributed by atoms with Crippen LogP contribution in [0.2, 0.25) is 0 Å². The Hall–Kier alpha value is -12.4. The van der Waals surface area contributed by atoms with Crippen LogP contribution in [-0.4, -0.2) is 323 Å². The van der Waals surface area contributed by atoms with Crippen LogP contribution < -0.4 is 66.3 Å². The summed E-state index contributed by atoms with van der Waals surface area (Å²) in [6.07, 6.45) is 3.52. The normalized spacial score (nSPS) is 28.5. The highest BCUT2D eigenvalue weighted by molar-refractivity contribution is 6.02. The fourth-order valence-electron chi connectivity index (χ4n) is 23.0. The molecule has 0 bridgehead atoms. The van der Waals surface area contributed by atoms with Gasteiger partial charge in [-0.25, -0.2) is 0 Å². The second kappa shape index (κ2) is 49.6. The summed E-state index contributed by atoms with van der Waals surface area (Å²) in [5.74, 6) is -8.46. The van der Waals surface area contributed by atoms with Crippen LogP contribution in [-0.2, 0) is 117 Å². The largest absolute Gasteiger partial charge is 0.391 e. The number of Topliss-reactive ketones (excluding diaryl/α,β-unsaturated/α-hetero) is 6. The van der Waals surface area contributed by atoms with Crippen LogP contribution in [0, 0.1) is 41.4 Å². The van der Waals surface area contributed by atoms with Gasteiger partial charge in [-0.15, -0.1) is 0 Å². The summed E-state index contributed by atoms with van der Waals surface area (Å²) in [6, 6.07) is 32.6. The number of likely N-dealkylation sites (tertiary alicyclic amines) is 6. The molecule has 0 radical (unpaired) electrons. The van der Waals surface area contributed by atoms with Crippen molar-refractivity contribution in [1.29, 1.82) is 0 Å².